The minimum atomic E-state index is -0.933. The number of carbonyl (C=O) groups is 3. The van der Waals surface area contributed by atoms with Crippen molar-refractivity contribution in [1.29, 1.82) is 0 Å². The van der Waals surface area contributed by atoms with Crippen molar-refractivity contribution >= 4 is 28.7 Å². The Morgan fingerprint density at radius 3 is 2.73 bits per heavy atom. The third kappa shape index (κ3) is 3.42. The number of nitrogens with one attached hydrogen (secondary N) is 2. The molecule has 1 aromatic heterocycles. The molecule has 0 unspecified atom stereocenters. The Hall–Kier alpha value is -2.83. The molecule has 1 saturated heterocycles. The summed E-state index contributed by atoms with van der Waals surface area (Å²) in [6, 6.07) is 7.05. The molecule has 0 aliphatic carbocycles. The molecule has 26 heavy (non-hydrogen) atoms. The van der Waals surface area contributed by atoms with E-state index in [1.165, 1.54) is 6.92 Å². The van der Waals surface area contributed by atoms with E-state index in [1.54, 1.807) is 11.8 Å². The van der Waals surface area contributed by atoms with Gasteiger partial charge in [0.05, 0.1) is 5.41 Å². The summed E-state index contributed by atoms with van der Waals surface area (Å²) in [5, 5.41) is 13.1. The van der Waals surface area contributed by atoms with E-state index >= 15 is 0 Å². The molecule has 0 spiro atoms. The first-order chi connectivity index (χ1) is 12.3. The van der Waals surface area contributed by atoms with Crippen LogP contribution in [0.1, 0.15) is 25.8 Å². The van der Waals surface area contributed by atoms with Gasteiger partial charge in [-0.3, -0.25) is 14.4 Å². The highest BCUT2D eigenvalue weighted by Crippen LogP contribution is 2.31. The number of aliphatic carboxylic acids is 1. The second-order valence-corrected chi connectivity index (χ2v) is 7.19. The maximum Gasteiger partial charge on any atom is 0.311 e. The highest BCUT2D eigenvalue weighted by atomic mass is 16.4. The number of likely N-dealkylation sites (tertiary alicyclic amines) is 1. The van der Waals surface area contributed by atoms with Gasteiger partial charge in [0, 0.05) is 43.5 Å². The first-order valence-corrected chi connectivity index (χ1v) is 8.64. The number of carboxylic acids is 1. The Morgan fingerprint density at radius 1 is 1.35 bits per heavy atom. The highest BCUT2D eigenvalue weighted by molar-refractivity contribution is 5.90. The lowest BCUT2D eigenvalue weighted by molar-refractivity contribution is -0.147. The monoisotopic (exact) mass is 357 g/mol. The number of para-hydroxylation sites is 1. The molecular weight excluding hydrogens is 334 g/mol. The molecule has 1 aromatic carbocycles. The predicted molar refractivity (Wildman–Crippen MR) is 96.5 cm³/mol. The maximum atomic E-state index is 13.0. The van der Waals surface area contributed by atoms with Crippen LogP contribution >= 0.6 is 0 Å². The number of aromatic nitrogens is 1. The Kier molecular flexibility index (Phi) is 4.71. The van der Waals surface area contributed by atoms with Gasteiger partial charge in [0.2, 0.25) is 11.8 Å². The smallest absolute Gasteiger partial charge is 0.311 e. The van der Waals surface area contributed by atoms with Crippen LogP contribution in [0.3, 0.4) is 0 Å². The van der Waals surface area contributed by atoms with Crippen LogP contribution in [-0.4, -0.2) is 51.9 Å². The van der Waals surface area contributed by atoms with Gasteiger partial charge in [-0.05, 0) is 25.0 Å². The van der Waals surface area contributed by atoms with Gasteiger partial charge in [0.15, 0.2) is 0 Å². The van der Waals surface area contributed by atoms with Gasteiger partial charge >= 0.3 is 5.97 Å². The van der Waals surface area contributed by atoms with Crippen molar-refractivity contribution in [2.24, 2.45) is 5.41 Å². The van der Waals surface area contributed by atoms with E-state index in [9.17, 15) is 19.5 Å². The molecule has 3 rings (SSSR count). The second kappa shape index (κ2) is 6.82. The number of carbonyl (C=O) groups excluding carboxylic acids is 2. The van der Waals surface area contributed by atoms with Gasteiger partial charge in [-0.2, -0.15) is 0 Å². The molecular formula is C19H23N3O4. The third-order valence-corrected chi connectivity index (χ3v) is 5.08. The standard InChI is InChI=1S/C19H23N3O4/c1-12(23)21-16(9-13-10-20-15-6-4-3-5-14(13)15)17(24)22-8-7-19(2,11-22)18(25)26/h3-6,10,16,20H,7-9,11H2,1-2H3,(H,21,23)(H,25,26)/t16-,19-/m1/s1. The van der Waals surface area contributed by atoms with Gasteiger partial charge in [-0.1, -0.05) is 18.2 Å². The fraction of sp³-hybridized carbons (Fsp3) is 0.421. The van der Waals surface area contributed by atoms with Crippen molar-refractivity contribution < 1.29 is 19.5 Å². The van der Waals surface area contributed by atoms with E-state index in [0.717, 1.165) is 16.5 Å². The van der Waals surface area contributed by atoms with E-state index < -0.39 is 17.4 Å². The highest BCUT2D eigenvalue weighted by Gasteiger charge is 2.43. The van der Waals surface area contributed by atoms with Crippen molar-refractivity contribution in [3.63, 3.8) is 0 Å². The number of hydrogen-bond donors (Lipinski definition) is 3. The SMILES string of the molecule is CC(=O)N[C@H](Cc1c[nH]c2ccccc12)C(=O)N1CC[C@@](C)(C(=O)O)C1. The zero-order valence-corrected chi connectivity index (χ0v) is 14.9. The Bertz CT molecular complexity index is 859. The van der Waals surface area contributed by atoms with Gasteiger partial charge in [-0.15, -0.1) is 0 Å². The van der Waals surface area contributed by atoms with Crippen LogP contribution in [0.5, 0.6) is 0 Å². The van der Waals surface area contributed by atoms with E-state index in [2.05, 4.69) is 10.3 Å². The van der Waals surface area contributed by atoms with Crippen LogP contribution in [0.4, 0.5) is 0 Å². The number of amides is 2. The second-order valence-electron chi connectivity index (χ2n) is 7.19. The van der Waals surface area contributed by atoms with E-state index in [-0.39, 0.29) is 18.4 Å². The zero-order chi connectivity index (χ0) is 18.9. The molecule has 0 bridgehead atoms. The summed E-state index contributed by atoms with van der Waals surface area (Å²) in [6.45, 7) is 3.56. The summed E-state index contributed by atoms with van der Waals surface area (Å²) in [6.07, 6.45) is 2.61. The summed E-state index contributed by atoms with van der Waals surface area (Å²) in [7, 11) is 0. The summed E-state index contributed by atoms with van der Waals surface area (Å²) < 4.78 is 0. The predicted octanol–water partition coefficient (Wildman–Crippen LogP) is 1.54. The molecule has 2 amide bonds. The van der Waals surface area contributed by atoms with Crippen LogP contribution < -0.4 is 5.32 Å². The number of nitrogens with zero attached hydrogens (tertiary/aromatic N) is 1. The maximum absolute atomic E-state index is 13.0. The Morgan fingerprint density at radius 2 is 2.08 bits per heavy atom. The van der Waals surface area contributed by atoms with Crippen molar-refractivity contribution in [3.05, 3.63) is 36.0 Å². The molecule has 7 heteroatoms. The summed E-state index contributed by atoms with van der Waals surface area (Å²) >= 11 is 0. The van der Waals surface area contributed by atoms with Crippen LogP contribution in [0.2, 0.25) is 0 Å². The molecule has 2 atom stereocenters. The number of hydrogen-bond acceptors (Lipinski definition) is 3. The average Bonchev–Trinajstić information content (AvgIpc) is 3.18. The lowest BCUT2D eigenvalue weighted by atomic mass is 9.90. The first kappa shape index (κ1) is 18.0. The first-order valence-electron chi connectivity index (χ1n) is 8.64. The van der Waals surface area contributed by atoms with Crippen molar-refractivity contribution in [3.8, 4) is 0 Å². The van der Waals surface area contributed by atoms with Gasteiger partial charge in [0.1, 0.15) is 6.04 Å². The van der Waals surface area contributed by atoms with E-state index in [1.807, 2.05) is 30.5 Å². The number of rotatable bonds is 5. The lowest BCUT2D eigenvalue weighted by Gasteiger charge is -2.25. The molecule has 1 fully saturated rings. The van der Waals surface area contributed by atoms with Crippen LogP contribution in [-0.2, 0) is 20.8 Å². The van der Waals surface area contributed by atoms with Crippen LogP contribution in [0.15, 0.2) is 30.5 Å². The average molecular weight is 357 g/mol. The number of carboxylic acid groups (broad SMARTS) is 1. The third-order valence-electron chi connectivity index (χ3n) is 5.08. The van der Waals surface area contributed by atoms with E-state index in [4.69, 9.17) is 0 Å². The molecule has 2 heterocycles. The van der Waals surface area contributed by atoms with E-state index in [0.29, 0.717) is 19.4 Å². The quantitative estimate of drug-likeness (QED) is 0.755. The van der Waals surface area contributed by atoms with Crippen molar-refractivity contribution in [2.75, 3.05) is 13.1 Å². The molecule has 0 radical (unpaired) electrons. The van der Waals surface area contributed by atoms with Gasteiger partial charge in [0.25, 0.3) is 0 Å². The zero-order valence-electron chi connectivity index (χ0n) is 14.9. The molecule has 2 aromatic rings. The van der Waals surface area contributed by atoms with Crippen molar-refractivity contribution in [2.45, 2.75) is 32.7 Å². The summed E-state index contributed by atoms with van der Waals surface area (Å²) in [4.78, 5) is 40.7. The normalized spacial score (nSPS) is 20.9. The summed E-state index contributed by atoms with van der Waals surface area (Å²) in [5.74, 6) is -1.43. The summed E-state index contributed by atoms with van der Waals surface area (Å²) in [5.41, 5.74) is 0.973. The molecule has 7 nitrogen and oxygen atoms in total. The number of benzene rings is 1. The van der Waals surface area contributed by atoms with Crippen molar-refractivity contribution in [1.82, 2.24) is 15.2 Å². The van der Waals surface area contributed by atoms with Gasteiger partial charge < -0.3 is 20.3 Å². The topological polar surface area (TPSA) is 103 Å². The number of aromatic amines is 1. The Labute approximate surface area is 151 Å². The molecule has 0 saturated carbocycles. The Balaban J connectivity index is 1.81. The fourth-order valence-electron chi connectivity index (χ4n) is 3.51. The largest absolute Gasteiger partial charge is 0.481 e. The lowest BCUT2D eigenvalue weighted by Crippen LogP contribution is -2.49. The fourth-order valence-corrected chi connectivity index (χ4v) is 3.51. The molecule has 1 aliphatic rings. The molecule has 138 valence electrons. The molecule has 3 N–H and O–H groups in total. The van der Waals surface area contributed by atoms with Gasteiger partial charge in [-0.25, -0.2) is 0 Å². The van der Waals surface area contributed by atoms with Crippen LogP contribution in [0, 0.1) is 5.41 Å². The number of H-pyrrole nitrogens is 1. The minimum absolute atomic E-state index is 0.158. The minimum Gasteiger partial charge on any atom is -0.481 e. The molecule has 1 aliphatic heterocycles. The number of fused-ring (bicyclic) bond motifs is 1. The van der Waals surface area contributed by atoms with Crippen LogP contribution in [0.25, 0.3) is 10.9 Å².